The van der Waals surface area contributed by atoms with Crippen molar-refractivity contribution in [1.82, 2.24) is 5.32 Å². The maximum absolute atomic E-state index is 8.47. The Morgan fingerprint density at radius 1 is 1.14 bits per heavy atom. The summed E-state index contributed by atoms with van der Waals surface area (Å²) in [5.41, 5.74) is 3.82. The number of aryl methyl sites for hydroxylation is 1. The third-order valence-electron chi connectivity index (χ3n) is 3.49. The normalized spacial score (nSPS) is 11.7. The number of nitrogens with zero attached hydrogens (tertiary/aromatic N) is 1. The molecule has 21 heavy (non-hydrogen) atoms. The number of hydrogen-bond donors (Lipinski definition) is 1. The van der Waals surface area contributed by atoms with Crippen LogP contribution in [-0.4, -0.2) is 6.61 Å². The lowest BCUT2D eigenvalue weighted by Gasteiger charge is -2.16. The lowest BCUT2D eigenvalue weighted by molar-refractivity contribution is 0.368. The highest BCUT2D eigenvalue weighted by atomic mass is 16.5. The number of benzene rings is 2. The molecule has 1 unspecified atom stereocenters. The van der Waals surface area contributed by atoms with Crippen molar-refractivity contribution >= 4 is 0 Å². The van der Waals surface area contributed by atoms with Crippen LogP contribution in [0.1, 0.15) is 29.7 Å². The molecule has 0 saturated carbocycles. The van der Waals surface area contributed by atoms with E-state index in [4.69, 9.17) is 10.00 Å². The van der Waals surface area contributed by atoms with Gasteiger partial charge in [0.1, 0.15) is 11.8 Å². The van der Waals surface area contributed by atoms with Gasteiger partial charge in [-0.15, -0.1) is 0 Å². The van der Waals surface area contributed by atoms with Crippen LogP contribution in [0, 0.1) is 18.3 Å². The summed E-state index contributed by atoms with van der Waals surface area (Å²) in [6.45, 7) is 5.19. The van der Waals surface area contributed by atoms with E-state index in [1.54, 1.807) is 0 Å². The lowest BCUT2D eigenvalue weighted by Crippen LogP contribution is -2.18. The van der Waals surface area contributed by atoms with Crippen LogP contribution < -0.4 is 10.1 Å². The van der Waals surface area contributed by atoms with Crippen LogP contribution in [0.15, 0.2) is 48.5 Å². The van der Waals surface area contributed by atoms with E-state index < -0.39 is 0 Å². The average molecular weight is 280 g/mol. The molecule has 108 valence electrons. The summed E-state index contributed by atoms with van der Waals surface area (Å²) in [5, 5.41) is 12.0. The molecular formula is C18H20N2O. The van der Waals surface area contributed by atoms with Crippen molar-refractivity contribution in [3.63, 3.8) is 0 Å². The van der Waals surface area contributed by atoms with Gasteiger partial charge in [-0.25, -0.2) is 0 Å². The quantitative estimate of drug-likeness (QED) is 0.876. The van der Waals surface area contributed by atoms with Crippen LogP contribution in [0.3, 0.4) is 0 Å². The molecule has 0 bridgehead atoms. The van der Waals surface area contributed by atoms with Gasteiger partial charge < -0.3 is 10.1 Å². The fourth-order valence-corrected chi connectivity index (χ4v) is 2.27. The van der Waals surface area contributed by atoms with Crippen molar-refractivity contribution in [2.24, 2.45) is 0 Å². The topological polar surface area (TPSA) is 45.0 Å². The lowest BCUT2D eigenvalue weighted by atomic mass is 10.0. The van der Waals surface area contributed by atoms with Crippen LogP contribution in [0.25, 0.3) is 0 Å². The molecule has 0 saturated heterocycles. The van der Waals surface area contributed by atoms with Crippen LogP contribution in [0.4, 0.5) is 0 Å². The second-order valence-electron chi connectivity index (χ2n) is 5.05. The standard InChI is InChI=1S/C18H20N2O/c1-14-5-3-4-6-18(14)15(2)20-13-16-7-9-17(10-8-16)21-12-11-19/h3-10,15,20H,12-13H2,1-2H3. The van der Waals surface area contributed by atoms with Crippen molar-refractivity contribution in [1.29, 1.82) is 5.26 Å². The molecule has 0 amide bonds. The van der Waals surface area contributed by atoms with Crippen molar-refractivity contribution in [3.05, 3.63) is 65.2 Å². The molecule has 1 N–H and O–H groups in total. The fourth-order valence-electron chi connectivity index (χ4n) is 2.27. The van der Waals surface area contributed by atoms with Crippen molar-refractivity contribution in [3.8, 4) is 11.8 Å². The highest BCUT2D eigenvalue weighted by Gasteiger charge is 2.07. The molecule has 0 aliphatic carbocycles. The minimum absolute atomic E-state index is 0.0852. The summed E-state index contributed by atoms with van der Waals surface area (Å²) in [7, 11) is 0. The van der Waals surface area contributed by atoms with Gasteiger partial charge in [0, 0.05) is 12.6 Å². The molecule has 0 fully saturated rings. The summed E-state index contributed by atoms with van der Waals surface area (Å²) in [6, 6.07) is 18.5. The van der Waals surface area contributed by atoms with Gasteiger partial charge in [-0.2, -0.15) is 5.26 Å². The maximum Gasteiger partial charge on any atom is 0.174 e. The zero-order chi connectivity index (χ0) is 15.1. The summed E-state index contributed by atoms with van der Waals surface area (Å²) < 4.78 is 5.24. The predicted octanol–water partition coefficient (Wildman–Crippen LogP) is 3.75. The van der Waals surface area contributed by atoms with Gasteiger partial charge in [-0.1, -0.05) is 36.4 Å². The van der Waals surface area contributed by atoms with E-state index in [2.05, 4.69) is 43.4 Å². The summed E-state index contributed by atoms with van der Waals surface area (Å²) in [5.74, 6) is 0.729. The minimum atomic E-state index is 0.0852. The molecule has 0 aliphatic heterocycles. The highest BCUT2D eigenvalue weighted by Crippen LogP contribution is 2.18. The summed E-state index contributed by atoms with van der Waals surface area (Å²) in [6.07, 6.45) is 0. The van der Waals surface area contributed by atoms with Crippen LogP contribution in [0.2, 0.25) is 0 Å². The smallest absolute Gasteiger partial charge is 0.174 e. The van der Waals surface area contributed by atoms with Gasteiger partial charge in [-0.3, -0.25) is 0 Å². The first kappa shape index (κ1) is 15.1. The minimum Gasteiger partial charge on any atom is -0.479 e. The number of ether oxygens (including phenoxy) is 1. The van der Waals surface area contributed by atoms with Crippen LogP contribution >= 0.6 is 0 Å². The largest absolute Gasteiger partial charge is 0.479 e. The molecule has 2 aromatic rings. The van der Waals surface area contributed by atoms with Crippen molar-refractivity contribution in [2.75, 3.05) is 6.61 Å². The highest BCUT2D eigenvalue weighted by molar-refractivity contribution is 5.29. The zero-order valence-corrected chi connectivity index (χ0v) is 12.5. The van der Waals surface area contributed by atoms with E-state index in [-0.39, 0.29) is 6.61 Å². The summed E-state index contributed by atoms with van der Waals surface area (Å²) >= 11 is 0. The zero-order valence-electron chi connectivity index (χ0n) is 12.5. The van der Waals surface area contributed by atoms with Gasteiger partial charge in [0.25, 0.3) is 0 Å². The van der Waals surface area contributed by atoms with E-state index in [1.165, 1.54) is 16.7 Å². The molecule has 0 aliphatic rings. The van der Waals surface area contributed by atoms with Crippen molar-refractivity contribution in [2.45, 2.75) is 26.4 Å². The van der Waals surface area contributed by atoms with Gasteiger partial charge >= 0.3 is 0 Å². The van der Waals surface area contributed by atoms with Gasteiger partial charge in [0.05, 0.1) is 0 Å². The van der Waals surface area contributed by atoms with E-state index >= 15 is 0 Å². The molecule has 1 atom stereocenters. The number of nitrogens with one attached hydrogen (secondary N) is 1. The van der Waals surface area contributed by atoms with Gasteiger partial charge in [-0.05, 0) is 42.7 Å². The predicted molar refractivity (Wildman–Crippen MR) is 84.0 cm³/mol. The Hall–Kier alpha value is -2.31. The molecule has 3 nitrogen and oxygen atoms in total. The molecule has 2 rings (SSSR count). The second-order valence-corrected chi connectivity index (χ2v) is 5.05. The third kappa shape index (κ3) is 4.34. The number of hydrogen-bond acceptors (Lipinski definition) is 3. The Morgan fingerprint density at radius 2 is 1.86 bits per heavy atom. The Morgan fingerprint density at radius 3 is 2.52 bits per heavy atom. The van der Waals surface area contributed by atoms with Crippen molar-refractivity contribution < 1.29 is 4.74 Å². The second kappa shape index (κ2) is 7.47. The molecule has 0 aromatic heterocycles. The molecule has 0 radical (unpaired) electrons. The first-order valence-electron chi connectivity index (χ1n) is 7.08. The van der Waals surface area contributed by atoms with E-state index in [0.717, 1.165) is 12.3 Å². The molecular weight excluding hydrogens is 260 g/mol. The van der Waals surface area contributed by atoms with Gasteiger partial charge in [0.2, 0.25) is 0 Å². The molecule has 3 heteroatoms. The summed E-state index contributed by atoms with van der Waals surface area (Å²) in [4.78, 5) is 0. The van der Waals surface area contributed by atoms with Crippen LogP contribution in [0.5, 0.6) is 5.75 Å². The van der Waals surface area contributed by atoms with E-state index in [1.807, 2.05) is 30.3 Å². The fraction of sp³-hybridized carbons (Fsp3) is 0.278. The Kier molecular flexibility index (Phi) is 5.36. The first-order valence-corrected chi connectivity index (χ1v) is 7.08. The maximum atomic E-state index is 8.47. The first-order chi connectivity index (χ1) is 10.2. The van der Waals surface area contributed by atoms with Crippen LogP contribution in [-0.2, 0) is 6.54 Å². The van der Waals surface area contributed by atoms with Gasteiger partial charge in [0.15, 0.2) is 6.61 Å². The van der Waals surface area contributed by atoms with E-state index in [0.29, 0.717) is 6.04 Å². The monoisotopic (exact) mass is 280 g/mol. The molecule has 0 heterocycles. The Bertz CT molecular complexity index is 614. The third-order valence-corrected chi connectivity index (χ3v) is 3.49. The number of rotatable bonds is 6. The SMILES string of the molecule is Cc1ccccc1C(C)NCc1ccc(OCC#N)cc1. The molecule has 2 aromatic carbocycles. The Labute approximate surface area is 126 Å². The van der Waals surface area contributed by atoms with E-state index in [9.17, 15) is 0 Å². The molecule has 0 spiro atoms. The Balaban J connectivity index is 1.91. The average Bonchev–Trinajstić information content (AvgIpc) is 2.52. The number of nitriles is 1.